The SMILES string of the molecule is Nc1noc(-c2cc[nH]c(=O)c2)c1I. The summed E-state index contributed by atoms with van der Waals surface area (Å²) < 4.78 is 5.72. The lowest BCUT2D eigenvalue weighted by atomic mass is 10.2. The first-order valence-corrected chi connectivity index (χ1v) is 4.86. The first kappa shape index (κ1) is 9.25. The number of H-pyrrole nitrogens is 1. The van der Waals surface area contributed by atoms with Crippen LogP contribution in [0.4, 0.5) is 5.82 Å². The van der Waals surface area contributed by atoms with Gasteiger partial charge in [-0.3, -0.25) is 4.79 Å². The molecule has 0 aliphatic rings. The monoisotopic (exact) mass is 303 g/mol. The third-order valence-corrected chi connectivity index (χ3v) is 2.74. The fourth-order valence-corrected chi connectivity index (χ4v) is 1.56. The molecule has 72 valence electrons. The zero-order valence-electron chi connectivity index (χ0n) is 6.95. The van der Waals surface area contributed by atoms with Gasteiger partial charge in [-0.2, -0.15) is 0 Å². The van der Waals surface area contributed by atoms with Gasteiger partial charge in [-0.25, -0.2) is 0 Å². The minimum absolute atomic E-state index is 0.187. The van der Waals surface area contributed by atoms with Crippen LogP contribution in [0.3, 0.4) is 0 Å². The van der Waals surface area contributed by atoms with Crippen molar-refractivity contribution in [1.29, 1.82) is 0 Å². The predicted octanol–water partition coefficient (Wildman–Crippen LogP) is 1.22. The largest absolute Gasteiger partial charge is 0.380 e. The van der Waals surface area contributed by atoms with E-state index in [-0.39, 0.29) is 5.56 Å². The van der Waals surface area contributed by atoms with Crippen molar-refractivity contribution in [2.75, 3.05) is 5.73 Å². The molecule has 2 aromatic rings. The number of nitrogens with two attached hydrogens (primary N) is 1. The molecule has 0 amide bonds. The summed E-state index contributed by atoms with van der Waals surface area (Å²) in [6.45, 7) is 0. The second kappa shape index (κ2) is 3.45. The Morgan fingerprint density at radius 2 is 2.36 bits per heavy atom. The van der Waals surface area contributed by atoms with Gasteiger partial charge in [-0.1, -0.05) is 5.16 Å². The van der Waals surface area contributed by atoms with E-state index in [1.807, 2.05) is 22.6 Å². The van der Waals surface area contributed by atoms with Crippen LogP contribution in [-0.2, 0) is 0 Å². The summed E-state index contributed by atoms with van der Waals surface area (Å²) in [5, 5.41) is 3.61. The number of pyridine rings is 1. The van der Waals surface area contributed by atoms with Gasteiger partial charge in [0, 0.05) is 17.8 Å². The summed E-state index contributed by atoms with van der Waals surface area (Å²) in [5.41, 5.74) is 6.00. The third kappa shape index (κ3) is 1.52. The molecule has 0 atom stereocenters. The molecule has 2 rings (SSSR count). The average Bonchev–Trinajstić information content (AvgIpc) is 2.48. The van der Waals surface area contributed by atoms with Crippen LogP contribution in [0, 0.1) is 3.57 Å². The molecule has 0 saturated heterocycles. The zero-order valence-corrected chi connectivity index (χ0v) is 9.11. The quantitative estimate of drug-likeness (QED) is 0.776. The summed E-state index contributed by atoms with van der Waals surface area (Å²) in [4.78, 5) is 13.5. The normalized spacial score (nSPS) is 10.4. The van der Waals surface area contributed by atoms with Gasteiger partial charge >= 0.3 is 0 Å². The van der Waals surface area contributed by atoms with Crippen LogP contribution < -0.4 is 11.3 Å². The summed E-state index contributed by atoms with van der Waals surface area (Å²) in [6, 6.07) is 3.16. The number of rotatable bonds is 1. The van der Waals surface area contributed by atoms with E-state index in [1.165, 1.54) is 6.07 Å². The van der Waals surface area contributed by atoms with Crippen LogP contribution >= 0.6 is 22.6 Å². The Bertz CT molecular complexity index is 517. The lowest BCUT2D eigenvalue weighted by molar-refractivity contribution is 0.435. The Morgan fingerprint density at radius 1 is 1.57 bits per heavy atom. The maximum Gasteiger partial charge on any atom is 0.248 e. The second-order valence-electron chi connectivity index (χ2n) is 2.65. The molecule has 0 aliphatic carbocycles. The van der Waals surface area contributed by atoms with Crippen molar-refractivity contribution in [2.45, 2.75) is 0 Å². The first-order chi connectivity index (χ1) is 6.68. The fraction of sp³-hybridized carbons (Fsp3) is 0. The van der Waals surface area contributed by atoms with E-state index in [0.717, 1.165) is 0 Å². The number of halogens is 1. The standard InChI is InChI=1S/C8H6IN3O2/c9-6-7(14-12-8(6)10)4-1-2-11-5(13)3-4/h1-3H,(H2,10,12)(H,11,13). The Hall–Kier alpha value is -1.31. The maximum absolute atomic E-state index is 11.0. The van der Waals surface area contributed by atoms with Crippen molar-refractivity contribution >= 4 is 28.4 Å². The van der Waals surface area contributed by atoms with Gasteiger partial charge in [-0.05, 0) is 28.7 Å². The highest BCUT2D eigenvalue weighted by atomic mass is 127. The van der Waals surface area contributed by atoms with E-state index in [1.54, 1.807) is 12.3 Å². The minimum atomic E-state index is -0.187. The smallest absolute Gasteiger partial charge is 0.248 e. The molecule has 0 aliphatic heterocycles. The molecule has 5 nitrogen and oxygen atoms in total. The number of hydrogen-bond donors (Lipinski definition) is 2. The molecule has 0 bridgehead atoms. The van der Waals surface area contributed by atoms with Gasteiger partial charge < -0.3 is 15.2 Å². The topological polar surface area (TPSA) is 84.9 Å². The molecular formula is C8H6IN3O2. The molecule has 14 heavy (non-hydrogen) atoms. The Kier molecular flexibility index (Phi) is 2.28. The molecule has 0 fully saturated rings. The number of aromatic amines is 1. The van der Waals surface area contributed by atoms with E-state index in [0.29, 0.717) is 20.7 Å². The second-order valence-corrected chi connectivity index (χ2v) is 3.73. The lowest BCUT2D eigenvalue weighted by Crippen LogP contribution is -2.02. The van der Waals surface area contributed by atoms with Crippen molar-refractivity contribution in [1.82, 2.24) is 10.1 Å². The maximum atomic E-state index is 11.0. The Morgan fingerprint density at radius 3 is 2.93 bits per heavy atom. The Labute approximate surface area is 92.4 Å². The van der Waals surface area contributed by atoms with Crippen molar-refractivity contribution in [3.63, 3.8) is 0 Å². The predicted molar refractivity (Wildman–Crippen MR) is 59.7 cm³/mol. The van der Waals surface area contributed by atoms with Crippen LogP contribution in [0.15, 0.2) is 27.6 Å². The van der Waals surface area contributed by atoms with Crippen LogP contribution in [-0.4, -0.2) is 10.1 Å². The molecule has 2 aromatic heterocycles. The summed E-state index contributed by atoms with van der Waals surface area (Å²) in [5.74, 6) is 0.857. The number of anilines is 1. The van der Waals surface area contributed by atoms with Gasteiger partial charge in [0.15, 0.2) is 11.6 Å². The Balaban J connectivity index is 2.60. The van der Waals surface area contributed by atoms with Gasteiger partial charge in [0.25, 0.3) is 0 Å². The molecule has 0 radical (unpaired) electrons. The summed E-state index contributed by atoms with van der Waals surface area (Å²) in [6.07, 6.45) is 1.55. The van der Waals surface area contributed by atoms with Crippen LogP contribution in [0.2, 0.25) is 0 Å². The van der Waals surface area contributed by atoms with Crippen LogP contribution in [0.5, 0.6) is 0 Å². The molecule has 0 unspecified atom stereocenters. The lowest BCUT2D eigenvalue weighted by Gasteiger charge is -1.93. The molecule has 0 saturated carbocycles. The van der Waals surface area contributed by atoms with Gasteiger partial charge in [-0.15, -0.1) is 0 Å². The molecule has 3 N–H and O–H groups in total. The van der Waals surface area contributed by atoms with Gasteiger partial charge in [0.2, 0.25) is 5.56 Å². The zero-order chi connectivity index (χ0) is 10.1. The third-order valence-electron chi connectivity index (χ3n) is 1.70. The number of nitrogens with zero attached hydrogens (tertiary/aromatic N) is 1. The first-order valence-electron chi connectivity index (χ1n) is 3.78. The van der Waals surface area contributed by atoms with Gasteiger partial charge in [0.05, 0.1) is 0 Å². The highest BCUT2D eigenvalue weighted by Gasteiger charge is 2.12. The van der Waals surface area contributed by atoms with Gasteiger partial charge in [0.1, 0.15) is 3.57 Å². The van der Waals surface area contributed by atoms with E-state index < -0.39 is 0 Å². The van der Waals surface area contributed by atoms with Crippen molar-refractivity contribution in [3.8, 4) is 11.3 Å². The number of nitrogens with one attached hydrogen (secondary N) is 1. The van der Waals surface area contributed by atoms with Crippen LogP contribution in [0.1, 0.15) is 0 Å². The minimum Gasteiger partial charge on any atom is -0.380 e. The van der Waals surface area contributed by atoms with Crippen molar-refractivity contribution < 1.29 is 4.52 Å². The van der Waals surface area contributed by atoms with Crippen molar-refractivity contribution in [3.05, 3.63) is 32.3 Å². The van der Waals surface area contributed by atoms with Crippen molar-refractivity contribution in [2.24, 2.45) is 0 Å². The fourth-order valence-electron chi connectivity index (χ4n) is 1.06. The number of hydrogen-bond acceptors (Lipinski definition) is 4. The molecule has 6 heteroatoms. The highest BCUT2D eigenvalue weighted by molar-refractivity contribution is 14.1. The highest BCUT2D eigenvalue weighted by Crippen LogP contribution is 2.27. The average molecular weight is 303 g/mol. The van der Waals surface area contributed by atoms with E-state index >= 15 is 0 Å². The van der Waals surface area contributed by atoms with Crippen LogP contribution in [0.25, 0.3) is 11.3 Å². The van der Waals surface area contributed by atoms with E-state index in [9.17, 15) is 4.79 Å². The number of aromatic nitrogens is 2. The molecule has 2 heterocycles. The number of nitrogen functional groups attached to an aromatic ring is 1. The van der Waals surface area contributed by atoms with E-state index in [4.69, 9.17) is 10.3 Å². The molecule has 0 spiro atoms. The molecular weight excluding hydrogens is 297 g/mol. The summed E-state index contributed by atoms with van der Waals surface area (Å²) in [7, 11) is 0. The summed E-state index contributed by atoms with van der Waals surface area (Å²) >= 11 is 2.02. The van der Waals surface area contributed by atoms with E-state index in [2.05, 4.69) is 10.1 Å². The molecule has 0 aromatic carbocycles.